The Hall–Kier alpha value is -0.687. The zero-order valence-electron chi connectivity index (χ0n) is 5.89. The standard InChI is InChI=1S/C5H5.C3H3N2.Ru/c1-2-4-5-3-1;1-2-5-3-4-1;/h1-3H,4H2;1-2H,(H,4,5);/q2*-1;+2. The van der Waals surface area contributed by atoms with Gasteiger partial charge in [0.1, 0.15) is 0 Å². The molecule has 1 aromatic heterocycles. The van der Waals surface area contributed by atoms with E-state index in [9.17, 15) is 0 Å². The van der Waals surface area contributed by atoms with Gasteiger partial charge in [0.25, 0.3) is 0 Å². The maximum absolute atomic E-state index is 3.54. The Bertz CT molecular complexity index is 175. The van der Waals surface area contributed by atoms with E-state index in [1.807, 2.05) is 12.2 Å². The topological polar surface area (TPSA) is 28.7 Å². The molecule has 1 heterocycles. The van der Waals surface area contributed by atoms with E-state index < -0.39 is 0 Å². The van der Waals surface area contributed by atoms with Crippen LogP contribution in [0.15, 0.2) is 30.6 Å². The van der Waals surface area contributed by atoms with E-state index in [1.165, 1.54) is 0 Å². The van der Waals surface area contributed by atoms with Crippen LogP contribution in [-0.4, -0.2) is 9.97 Å². The summed E-state index contributed by atoms with van der Waals surface area (Å²) >= 11 is 0. The molecule has 0 fully saturated rings. The van der Waals surface area contributed by atoms with E-state index >= 15 is 0 Å². The van der Waals surface area contributed by atoms with Crippen LogP contribution in [0.3, 0.4) is 0 Å². The van der Waals surface area contributed by atoms with Gasteiger partial charge in [0, 0.05) is 0 Å². The van der Waals surface area contributed by atoms with Gasteiger partial charge in [-0.3, -0.25) is 6.08 Å². The van der Waals surface area contributed by atoms with Crippen LogP contribution < -0.4 is 0 Å². The quantitative estimate of drug-likeness (QED) is 0.534. The largest absolute Gasteiger partial charge is 2.00 e. The molecular formula is C8H8N2Ru. The van der Waals surface area contributed by atoms with Crippen LogP contribution in [0.4, 0.5) is 0 Å². The molecule has 0 spiro atoms. The zero-order chi connectivity index (χ0) is 7.07. The van der Waals surface area contributed by atoms with E-state index in [1.54, 1.807) is 12.4 Å². The van der Waals surface area contributed by atoms with E-state index in [-0.39, 0.29) is 19.5 Å². The monoisotopic (exact) mass is 234 g/mol. The second-order valence-corrected chi connectivity index (χ2v) is 1.70. The maximum atomic E-state index is 3.54. The summed E-state index contributed by atoms with van der Waals surface area (Å²) in [5.41, 5.74) is 0. The summed E-state index contributed by atoms with van der Waals surface area (Å²) in [6.07, 6.45) is 15.8. The molecule has 0 unspecified atom stereocenters. The molecule has 0 aliphatic heterocycles. The van der Waals surface area contributed by atoms with Crippen molar-refractivity contribution >= 4 is 0 Å². The number of H-pyrrole nitrogens is 1. The van der Waals surface area contributed by atoms with Gasteiger partial charge >= 0.3 is 19.5 Å². The van der Waals surface area contributed by atoms with Crippen molar-refractivity contribution in [3.63, 3.8) is 0 Å². The molecule has 1 aliphatic rings. The smallest absolute Gasteiger partial charge is 0.467 e. The Morgan fingerprint density at radius 2 is 2.36 bits per heavy atom. The molecule has 1 aromatic rings. The van der Waals surface area contributed by atoms with Crippen LogP contribution in [0.2, 0.25) is 0 Å². The SMILES string of the molecule is [C-]1=CC=CC1.[Ru+2].[c-]1ncc[nH]1. The minimum Gasteiger partial charge on any atom is -0.467 e. The van der Waals surface area contributed by atoms with Crippen molar-refractivity contribution < 1.29 is 19.5 Å². The van der Waals surface area contributed by atoms with Gasteiger partial charge in [0.2, 0.25) is 0 Å². The minimum atomic E-state index is 0. The molecule has 1 N–H and O–H groups in total. The third-order valence-corrected chi connectivity index (χ3v) is 0.947. The van der Waals surface area contributed by atoms with Crippen LogP contribution in [0, 0.1) is 12.4 Å². The predicted molar refractivity (Wildman–Crippen MR) is 39.0 cm³/mol. The summed E-state index contributed by atoms with van der Waals surface area (Å²) in [7, 11) is 0. The average molecular weight is 233 g/mol. The summed E-state index contributed by atoms with van der Waals surface area (Å²) in [4.78, 5) is 6.17. The number of imidazole rings is 1. The van der Waals surface area contributed by atoms with Crippen LogP contribution in [0.5, 0.6) is 0 Å². The van der Waals surface area contributed by atoms with Gasteiger partial charge in [-0.05, 0) is 6.33 Å². The normalized spacial score (nSPS) is 11.6. The molecule has 0 saturated carbocycles. The predicted octanol–water partition coefficient (Wildman–Crippen LogP) is 1.51. The second-order valence-electron chi connectivity index (χ2n) is 1.70. The first-order valence-corrected chi connectivity index (χ1v) is 3.07. The van der Waals surface area contributed by atoms with Crippen molar-refractivity contribution in [2.45, 2.75) is 6.42 Å². The summed E-state index contributed by atoms with van der Waals surface area (Å²) < 4.78 is 0. The molecule has 11 heavy (non-hydrogen) atoms. The second kappa shape index (κ2) is 7.42. The molecule has 2 nitrogen and oxygen atoms in total. The third kappa shape index (κ3) is 5.74. The van der Waals surface area contributed by atoms with Crippen LogP contribution >= 0.6 is 0 Å². The number of nitrogens with zero attached hydrogens (tertiary/aromatic N) is 1. The van der Waals surface area contributed by atoms with Crippen molar-refractivity contribution in [3.05, 3.63) is 43.0 Å². The number of hydrogen-bond donors (Lipinski definition) is 1. The molecule has 1 aliphatic carbocycles. The van der Waals surface area contributed by atoms with Crippen molar-refractivity contribution in [3.8, 4) is 0 Å². The molecular weight excluding hydrogens is 225 g/mol. The summed E-state index contributed by atoms with van der Waals surface area (Å²) in [6.45, 7) is 0. The van der Waals surface area contributed by atoms with Gasteiger partial charge < -0.3 is 9.97 Å². The Labute approximate surface area is 79.2 Å². The maximum Gasteiger partial charge on any atom is 2.00 e. The Morgan fingerprint density at radius 3 is 2.55 bits per heavy atom. The van der Waals surface area contributed by atoms with Crippen molar-refractivity contribution in [2.75, 3.05) is 0 Å². The number of aromatic amines is 1. The molecule has 3 heteroatoms. The molecule has 2 rings (SSSR count). The number of aromatic nitrogens is 2. The molecule has 58 valence electrons. The first-order chi connectivity index (χ1) is 5.00. The first kappa shape index (κ1) is 10.3. The van der Waals surface area contributed by atoms with Gasteiger partial charge in [-0.15, -0.1) is 18.8 Å². The van der Waals surface area contributed by atoms with Gasteiger partial charge in [-0.25, -0.2) is 12.2 Å². The Balaban J connectivity index is 0.000000167. The average Bonchev–Trinajstić information content (AvgIpc) is 2.67. The fourth-order valence-corrected chi connectivity index (χ4v) is 0.527. The summed E-state index contributed by atoms with van der Waals surface area (Å²) in [5, 5.41) is 0. The number of hydrogen-bond acceptors (Lipinski definition) is 1. The van der Waals surface area contributed by atoms with E-state index in [4.69, 9.17) is 0 Å². The molecule has 0 radical (unpaired) electrons. The molecule has 0 bridgehead atoms. The van der Waals surface area contributed by atoms with Crippen molar-refractivity contribution in [1.82, 2.24) is 9.97 Å². The van der Waals surface area contributed by atoms with Crippen molar-refractivity contribution in [1.29, 1.82) is 0 Å². The van der Waals surface area contributed by atoms with Crippen LogP contribution in [0.1, 0.15) is 6.42 Å². The van der Waals surface area contributed by atoms with E-state index in [2.05, 4.69) is 28.4 Å². The van der Waals surface area contributed by atoms with Gasteiger partial charge in [0.15, 0.2) is 0 Å². The van der Waals surface area contributed by atoms with Gasteiger partial charge in [-0.1, -0.05) is 0 Å². The van der Waals surface area contributed by atoms with E-state index in [0.717, 1.165) is 6.42 Å². The fraction of sp³-hybridized carbons (Fsp3) is 0.125. The molecule has 0 saturated heterocycles. The number of rotatable bonds is 0. The molecule has 0 amide bonds. The van der Waals surface area contributed by atoms with Crippen LogP contribution in [-0.2, 0) is 19.5 Å². The van der Waals surface area contributed by atoms with Gasteiger partial charge in [-0.2, -0.15) is 6.08 Å². The Morgan fingerprint density at radius 1 is 1.45 bits per heavy atom. The molecule has 0 atom stereocenters. The minimum absolute atomic E-state index is 0. The van der Waals surface area contributed by atoms with Gasteiger partial charge in [0.05, 0.1) is 0 Å². The van der Waals surface area contributed by atoms with Crippen molar-refractivity contribution in [2.24, 2.45) is 0 Å². The molecule has 0 aromatic carbocycles. The van der Waals surface area contributed by atoms with E-state index in [0.29, 0.717) is 0 Å². The first-order valence-electron chi connectivity index (χ1n) is 3.07. The summed E-state index contributed by atoms with van der Waals surface area (Å²) in [6, 6.07) is 0. The summed E-state index contributed by atoms with van der Waals surface area (Å²) in [5.74, 6) is 0. The Kier molecular flexibility index (Phi) is 6.96. The zero-order valence-corrected chi connectivity index (χ0v) is 7.63. The fourth-order valence-electron chi connectivity index (χ4n) is 0.527. The number of allylic oxidation sites excluding steroid dienone is 4. The number of nitrogens with one attached hydrogen (secondary N) is 1. The third-order valence-electron chi connectivity index (χ3n) is 0.947. The van der Waals surface area contributed by atoms with Crippen LogP contribution in [0.25, 0.3) is 0 Å².